The van der Waals surface area contributed by atoms with E-state index >= 15 is 0 Å². The lowest BCUT2D eigenvalue weighted by Gasteiger charge is -2.14. The molecule has 0 bridgehead atoms. The van der Waals surface area contributed by atoms with Gasteiger partial charge in [-0.25, -0.2) is 8.42 Å². The lowest BCUT2D eigenvalue weighted by atomic mass is 9.97. The number of sulfonamides is 1. The van der Waals surface area contributed by atoms with Crippen LogP contribution < -0.4 is 16.2 Å². The van der Waals surface area contributed by atoms with Crippen LogP contribution in [-0.4, -0.2) is 8.42 Å². The quantitative estimate of drug-likeness (QED) is 0.472. The number of aryl methyl sites for hydroxylation is 1. The number of nitrogens with one attached hydrogen (secondary N) is 1. The topological polar surface area (TPSA) is 98.2 Å². The molecule has 3 aromatic rings. The van der Waals surface area contributed by atoms with Crippen molar-refractivity contribution < 1.29 is 8.42 Å². The highest BCUT2D eigenvalue weighted by molar-refractivity contribution is 7.92. The summed E-state index contributed by atoms with van der Waals surface area (Å²) < 4.78 is 28.2. The number of nitrogen functional groups attached to an aromatic ring is 2. The number of halogens is 1. The molecule has 3 aromatic carbocycles. The first-order valence-corrected chi connectivity index (χ1v) is 11.0. The van der Waals surface area contributed by atoms with Crippen molar-refractivity contribution in [2.75, 3.05) is 16.2 Å². The highest BCUT2D eigenvalue weighted by atomic mass is 35.5. The van der Waals surface area contributed by atoms with E-state index in [9.17, 15) is 8.42 Å². The molecule has 5 nitrogen and oxygen atoms in total. The van der Waals surface area contributed by atoms with Gasteiger partial charge in [-0.2, -0.15) is 0 Å². The number of hydrogen-bond donors (Lipinski definition) is 3. The molecule has 0 heterocycles. The van der Waals surface area contributed by atoms with Crippen molar-refractivity contribution in [2.24, 2.45) is 0 Å². The number of nitrogens with two attached hydrogens (primary N) is 2. The third-order valence-electron chi connectivity index (χ3n) is 4.76. The predicted octanol–water partition coefficient (Wildman–Crippen LogP) is 5.40. The van der Waals surface area contributed by atoms with Gasteiger partial charge < -0.3 is 11.5 Å². The molecule has 0 saturated carbocycles. The number of rotatable bonds is 5. The van der Waals surface area contributed by atoms with Crippen LogP contribution >= 0.6 is 11.6 Å². The highest BCUT2D eigenvalue weighted by Crippen LogP contribution is 2.33. The molecule has 0 spiro atoms. The summed E-state index contributed by atoms with van der Waals surface area (Å²) >= 11 is 6.48. The van der Waals surface area contributed by atoms with Gasteiger partial charge in [0.1, 0.15) is 0 Å². The minimum atomic E-state index is -3.84. The molecule has 0 aromatic heterocycles. The molecule has 0 aliphatic heterocycles. The second-order valence-corrected chi connectivity index (χ2v) is 9.38. The van der Waals surface area contributed by atoms with Gasteiger partial charge in [-0.3, -0.25) is 4.72 Å². The fourth-order valence-corrected chi connectivity index (χ4v) is 4.71. The Hall–Kier alpha value is -2.70. The van der Waals surface area contributed by atoms with Crippen LogP contribution in [0.25, 0.3) is 11.1 Å². The van der Waals surface area contributed by atoms with E-state index in [0.29, 0.717) is 27.9 Å². The zero-order chi connectivity index (χ0) is 21.3. The molecule has 0 radical (unpaired) electrons. The first kappa shape index (κ1) is 21.0. The van der Waals surface area contributed by atoms with Gasteiger partial charge in [0.05, 0.1) is 27.0 Å². The van der Waals surface area contributed by atoms with Crippen molar-refractivity contribution in [1.29, 1.82) is 0 Å². The largest absolute Gasteiger partial charge is 0.397 e. The number of benzene rings is 3. The summed E-state index contributed by atoms with van der Waals surface area (Å²) in [6, 6.07) is 16.2. The Labute approximate surface area is 176 Å². The molecule has 3 rings (SSSR count). The van der Waals surface area contributed by atoms with Crippen LogP contribution in [0.4, 0.5) is 17.1 Å². The first-order chi connectivity index (χ1) is 13.6. The maximum atomic E-state index is 12.8. The van der Waals surface area contributed by atoms with Crippen LogP contribution in [0.5, 0.6) is 0 Å². The third-order valence-corrected chi connectivity index (χ3v) is 6.59. The summed E-state index contributed by atoms with van der Waals surface area (Å²) in [4.78, 5) is 0.0778. The lowest BCUT2D eigenvalue weighted by Crippen LogP contribution is -2.15. The predicted molar refractivity (Wildman–Crippen MR) is 122 cm³/mol. The maximum Gasteiger partial charge on any atom is 0.262 e. The number of hydrogen-bond acceptors (Lipinski definition) is 4. The van der Waals surface area contributed by atoms with E-state index in [-0.39, 0.29) is 10.6 Å². The van der Waals surface area contributed by atoms with Gasteiger partial charge in [-0.1, -0.05) is 55.8 Å². The standard InChI is InChI=1S/C22H24ClN3O2S/c1-13(2)15-5-4-6-16(10-15)18-8-7-17(11-19(18)23)26-29(27,28)22-12-21(25)20(24)9-14(22)3/h4-13,26H,24-25H2,1-3H3. The molecule has 0 aliphatic carbocycles. The van der Waals surface area contributed by atoms with Crippen molar-refractivity contribution >= 4 is 38.7 Å². The molecule has 0 amide bonds. The van der Waals surface area contributed by atoms with Gasteiger partial charge in [0.2, 0.25) is 0 Å². The summed E-state index contributed by atoms with van der Waals surface area (Å²) in [5, 5.41) is 0.458. The molecule has 0 atom stereocenters. The van der Waals surface area contributed by atoms with Crippen molar-refractivity contribution in [3.05, 3.63) is 70.7 Å². The molecular formula is C22H24ClN3O2S. The minimum Gasteiger partial charge on any atom is -0.397 e. The Morgan fingerprint density at radius 2 is 1.66 bits per heavy atom. The Balaban J connectivity index is 1.93. The van der Waals surface area contributed by atoms with E-state index in [1.165, 1.54) is 11.6 Å². The normalized spacial score (nSPS) is 11.6. The monoisotopic (exact) mass is 429 g/mol. The van der Waals surface area contributed by atoms with Crippen LogP contribution in [-0.2, 0) is 10.0 Å². The van der Waals surface area contributed by atoms with Crippen LogP contribution in [0.2, 0.25) is 5.02 Å². The molecule has 152 valence electrons. The smallest absolute Gasteiger partial charge is 0.262 e. The summed E-state index contributed by atoms with van der Waals surface area (Å²) in [6.07, 6.45) is 0. The lowest BCUT2D eigenvalue weighted by molar-refractivity contribution is 0.600. The second kappa shape index (κ2) is 7.97. The van der Waals surface area contributed by atoms with Crippen LogP contribution in [0.3, 0.4) is 0 Å². The van der Waals surface area contributed by atoms with Crippen molar-refractivity contribution in [3.63, 3.8) is 0 Å². The molecule has 0 saturated heterocycles. The Morgan fingerprint density at radius 1 is 0.966 bits per heavy atom. The number of anilines is 3. The van der Waals surface area contributed by atoms with Crippen molar-refractivity contribution in [3.8, 4) is 11.1 Å². The van der Waals surface area contributed by atoms with Gasteiger partial charge >= 0.3 is 0 Å². The summed E-state index contributed by atoms with van der Waals surface area (Å²) in [5.74, 6) is 0.399. The molecule has 0 aliphatic rings. The molecule has 0 fully saturated rings. The SMILES string of the molecule is Cc1cc(N)c(N)cc1S(=O)(=O)Nc1ccc(-c2cccc(C(C)C)c2)c(Cl)c1. The summed E-state index contributed by atoms with van der Waals surface area (Å²) in [6.45, 7) is 5.93. The summed E-state index contributed by atoms with van der Waals surface area (Å²) in [5.41, 5.74) is 16.0. The Bertz CT molecular complexity index is 1170. The summed E-state index contributed by atoms with van der Waals surface area (Å²) in [7, 11) is -3.84. The van der Waals surface area contributed by atoms with Gasteiger partial charge in [0.15, 0.2) is 0 Å². The average molecular weight is 430 g/mol. The van der Waals surface area contributed by atoms with Crippen molar-refractivity contribution in [1.82, 2.24) is 0 Å². The van der Waals surface area contributed by atoms with Gasteiger partial charge in [0, 0.05) is 5.56 Å². The molecule has 0 unspecified atom stereocenters. The maximum absolute atomic E-state index is 12.8. The Morgan fingerprint density at radius 3 is 2.31 bits per heavy atom. The molecule has 7 heteroatoms. The van der Waals surface area contributed by atoms with Gasteiger partial charge in [0.25, 0.3) is 10.0 Å². The van der Waals surface area contributed by atoms with Crippen LogP contribution in [0.15, 0.2) is 59.5 Å². The van der Waals surface area contributed by atoms with Gasteiger partial charge in [-0.05, 0) is 53.8 Å². The molecule has 5 N–H and O–H groups in total. The minimum absolute atomic E-state index is 0.0778. The van der Waals surface area contributed by atoms with Gasteiger partial charge in [-0.15, -0.1) is 0 Å². The third kappa shape index (κ3) is 4.49. The van der Waals surface area contributed by atoms with E-state index in [0.717, 1.165) is 11.1 Å². The fraction of sp³-hybridized carbons (Fsp3) is 0.182. The molecular weight excluding hydrogens is 406 g/mol. The average Bonchev–Trinajstić information content (AvgIpc) is 2.64. The Kier molecular flexibility index (Phi) is 5.78. The van der Waals surface area contributed by atoms with Crippen LogP contribution in [0.1, 0.15) is 30.9 Å². The van der Waals surface area contributed by atoms with E-state index in [2.05, 4.69) is 30.7 Å². The van der Waals surface area contributed by atoms with E-state index < -0.39 is 10.0 Å². The first-order valence-electron chi connectivity index (χ1n) is 9.17. The van der Waals surface area contributed by atoms with Crippen LogP contribution in [0, 0.1) is 6.92 Å². The van der Waals surface area contributed by atoms with E-state index in [1.54, 1.807) is 25.1 Å². The zero-order valence-corrected chi connectivity index (χ0v) is 18.1. The van der Waals surface area contributed by atoms with E-state index in [1.807, 2.05) is 18.2 Å². The molecule has 29 heavy (non-hydrogen) atoms. The highest BCUT2D eigenvalue weighted by Gasteiger charge is 2.19. The fourth-order valence-electron chi connectivity index (χ4n) is 3.10. The zero-order valence-electron chi connectivity index (χ0n) is 16.5. The van der Waals surface area contributed by atoms with E-state index in [4.69, 9.17) is 23.1 Å². The van der Waals surface area contributed by atoms with Crippen molar-refractivity contribution in [2.45, 2.75) is 31.6 Å². The second-order valence-electron chi connectivity index (χ2n) is 7.33.